The molecule has 2 aromatic carbocycles. The number of hydrogen-bond donors (Lipinski definition) is 2. The van der Waals surface area contributed by atoms with E-state index in [-0.39, 0.29) is 17.2 Å². The Kier molecular flexibility index (Phi) is 5.23. The predicted octanol–water partition coefficient (Wildman–Crippen LogP) is 2.89. The molecule has 0 aliphatic rings. The summed E-state index contributed by atoms with van der Waals surface area (Å²) >= 11 is 0. The summed E-state index contributed by atoms with van der Waals surface area (Å²) < 4.78 is 5.01. The zero-order chi connectivity index (χ0) is 18.7. The van der Waals surface area contributed by atoms with Gasteiger partial charge < -0.3 is 14.7 Å². The molecule has 0 bridgehead atoms. The fraction of sp³-hybridized carbons (Fsp3) is 0.300. The van der Waals surface area contributed by atoms with Crippen LogP contribution in [-0.2, 0) is 11.2 Å². The van der Waals surface area contributed by atoms with E-state index in [2.05, 4.69) is 35.3 Å². The molecule has 3 rings (SSSR count). The summed E-state index contributed by atoms with van der Waals surface area (Å²) in [7, 11) is 3.28. The van der Waals surface area contributed by atoms with E-state index in [1.807, 2.05) is 6.07 Å². The van der Waals surface area contributed by atoms with Crippen molar-refractivity contribution >= 4 is 16.8 Å². The minimum atomic E-state index is -0.246. The molecule has 0 unspecified atom stereocenters. The second kappa shape index (κ2) is 7.58. The Morgan fingerprint density at radius 2 is 2.12 bits per heavy atom. The number of carbonyl (C=O) groups is 1. The highest BCUT2D eigenvalue weighted by Gasteiger charge is 2.19. The van der Waals surface area contributed by atoms with Crippen LogP contribution in [0.2, 0.25) is 0 Å². The number of aromatic hydroxyl groups is 1. The number of carbonyl (C=O) groups excluding carboxylic acids is 1. The van der Waals surface area contributed by atoms with E-state index >= 15 is 0 Å². The van der Waals surface area contributed by atoms with Gasteiger partial charge in [0.05, 0.1) is 23.4 Å². The SMILES string of the molecule is COCCN(C)C(=O)c1cc2c(Cc3cccc(C)c3)n[nH]c2cc1O. The molecule has 136 valence electrons. The van der Waals surface area contributed by atoms with Crippen LogP contribution in [0.5, 0.6) is 5.75 Å². The van der Waals surface area contributed by atoms with E-state index in [0.29, 0.717) is 25.1 Å². The first kappa shape index (κ1) is 17.9. The standard InChI is InChI=1S/C20H23N3O3/c1-13-5-4-6-14(9-13)10-17-15-11-16(19(24)12-18(15)22-21-17)20(25)23(2)7-8-26-3/h4-6,9,11-12,24H,7-8,10H2,1-3H3,(H,21,22). The smallest absolute Gasteiger partial charge is 0.257 e. The number of aromatic nitrogens is 2. The average molecular weight is 353 g/mol. The molecule has 2 N–H and O–H groups in total. The number of aryl methyl sites for hydroxylation is 1. The van der Waals surface area contributed by atoms with Gasteiger partial charge in [-0.15, -0.1) is 0 Å². The van der Waals surface area contributed by atoms with Crippen molar-refractivity contribution in [2.75, 3.05) is 27.3 Å². The molecule has 0 aliphatic carbocycles. The average Bonchev–Trinajstić information content (AvgIpc) is 3.00. The molecule has 0 spiro atoms. The van der Waals surface area contributed by atoms with Crippen LogP contribution >= 0.6 is 0 Å². The number of methoxy groups -OCH3 is 1. The third-order valence-electron chi connectivity index (χ3n) is 4.42. The summed E-state index contributed by atoms with van der Waals surface area (Å²) in [6.45, 7) is 2.95. The third-order valence-corrected chi connectivity index (χ3v) is 4.42. The van der Waals surface area contributed by atoms with Crippen LogP contribution in [0.25, 0.3) is 10.9 Å². The number of nitrogens with zero attached hydrogens (tertiary/aromatic N) is 2. The summed E-state index contributed by atoms with van der Waals surface area (Å²) in [5.41, 5.74) is 4.16. The Balaban J connectivity index is 1.94. The van der Waals surface area contributed by atoms with Gasteiger partial charge in [0, 0.05) is 38.6 Å². The van der Waals surface area contributed by atoms with Gasteiger partial charge >= 0.3 is 0 Å². The number of phenols is 1. The molecule has 3 aromatic rings. The lowest BCUT2D eigenvalue weighted by molar-refractivity contribution is 0.0741. The highest BCUT2D eigenvalue weighted by Crippen LogP contribution is 2.28. The largest absolute Gasteiger partial charge is 0.507 e. The van der Waals surface area contributed by atoms with Crippen LogP contribution in [0, 0.1) is 6.92 Å². The van der Waals surface area contributed by atoms with Crippen molar-refractivity contribution in [3.05, 3.63) is 58.8 Å². The first-order chi connectivity index (χ1) is 12.5. The van der Waals surface area contributed by atoms with Gasteiger partial charge in [-0.3, -0.25) is 9.89 Å². The van der Waals surface area contributed by atoms with Crippen LogP contribution in [-0.4, -0.2) is 53.4 Å². The number of rotatable bonds is 6. The molecule has 6 heteroatoms. The highest BCUT2D eigenvalue weighted by molar-refractivity contribution is 6.01. The van der Waals surface area contributed by atoms with E-state index in [4.69, 9.17) is 4.74 Å². The van der Waals surface area contributed by atoms with Crippen LogP contribution < -0.4 is 0 Å². The van der Waals surface area contributed by atoms with Gasteiger partial charge in [0.2, 0.25) is 0 Å². The van der Waals surface area contributed by atoms with E-state index in [1.54, 1.807) is 26.3 Å². The Morgan fingerprint density at radius 3 is 2.85 bits per heavy atom. The lowest BCUT2D eigenvalue weighted by atomic mass is 10.0. The topological polar surface area (TPSA) is 78.5 Å². The summed E-state index contributed by atoms with van der Waals surface area (Å²) in [4.78, 5) is 14.2. The van der Waals surface area contributed by atoms with Crippen molar-refractivity contribution in [2.24, 2.45) is 0 Å². The Morgan fingerprint density at radius 1 is 1.31 bits per heavy atom. The summed E-state index contributed by atoms with van der Waals surface area (Å²) in [5, 5.41) is 18.4. The van der Waals surface area contributed by atoms with Crippen LogP contribution in [0.4, 0.5) is 0 Å². The maximum absolute atomic E-state index is 12.6. The molecule has 1 amide bonds. The monoisotopic (exact) mass is 353 g/mol. The number of ether oxygens (including phenoxy) is 1. The van der Waals surface area contributed by atoms with Crippen molar-refractivity contribution in [2.45, 2.75) is 13.3 Å². The number of fused-ring (bicyclic) bond motifs is 1. The zero-order valence-corrected chi connectivity index (χ0v) is 15.2. The quantitative estimate of drug-likeness (QED) is 0.714. The second-order valence-corrected chi connectivity index (χ2v) is 6.47. The molecule has 0 radical (unpaired) electrons. The van der Waals surface area contributed by atoms with Crippen LogP contribution in [0.1, 0.15) is 27.2 Å². The molecule has 0 saturated heterocycles. The minimum absolute atomic E-state index is 0.0578. The number of nitrogens with one attached hydrogen (secondary N) is 1. The fourth-order valence-corrected chi connectivity index (χ4v) is 2.96. The van der Waals surface area contributed by atoms with E-state index < -0.39 is 0 Å². The molecular weight excluding hydrogens is 330 g/mol. The molecular formula is C20H23N3O3. The van der Waals surface area contributed by atoms with Gasteiger partial charge in [0.1, 0.15) is 5.75 Å². The molecule has 0 aliphatic heterocycles. The molecule has 0 fully saturated rings. The molecule has 1 heterocycles. The number of benzene rings is 2. The number of amides is 1. The van der Waals surface area contributed by atoms with Crippen molar-refractivity contribution in [3.63, 3.8) is 0 Å². The van der Waals surface area contributed by atoms with Gasteiger partial charge in [-0.1, -0.05) is 29.8 Å². The van der Waals surface area contributed by atoms with Crippen molar-refractivity contribution in [1.29, 1.82) is 0 Å². The molecule has 6 nitrogen and oxygen atoms in total. The van der Waals surface area contributed by atoms with Gasteiger partial charge in [-0.05, 0) is 18.6 Å². The maximum atomic E-state index is 12.6. The lowest BCUT2D eigenvalue weighted by Crippen LogP contribution is -2.30. The van der Waals surface area contributed by atoms with Gasteiger partial charge in [-0.25, -0.2) is 0 Å². The molecule has 26 heavy (non-hydrogen) atoms. The van der Waals surface area contributed by atoms with Gasteiger partial charge in [0.15, 0.2) is 0 Å². The summed E-state index contributed by atoms with van der Waals surface area (Å²) in [6, 6.07) is 11.5. The van der Waals surface area contributed by atoms with Crippen molar-refractivity contribution in [1.82, 2.24) is 15.1 Å². The second-order valence-electron chi connectivity index (χ2n) is 6.47. The number of hydrogen-bond acceptors (Lipinski definition) is 4. The number of likely N-dealkylation sites (N-methyl/N-ethyl adjacent to an activating group) is 1. The van der Waals surface area contributed by atoms with Crippen LogP contribution in [0.3, 0.4) is 0 Å². The van der Waals surface area contributed by atoms with Gasteiger partial charge in [-0.2, -0.15) is 5.10 Å². The van der Waals surface area contributed by atoms with Crippen molar-refractivity contribution < 1.29 is 14.6 Å². The van der Waals surface area contributed by atoms with Crippen LogP contribution in [0.15, 0.2) is 36.4 Å². The number of aromatic amines is 1. The lowest BCUT2D eigenvalue weighted by Gasteiger charge is -2.17. The fourth-order valence-electron chi connectivity index (χ4n) is 2.96. The molecule has 0 atom stereocenters. The number of H-pyrrole nitrogens is 1. The van der Waals surface area contributed by atoms with Gasteiger partial charge in [0.25, 0.3) is 5.91 Å². The first-order valence-electron chi connectivity index (χ1n) is 8.49. The van der Waals surface area contributed by atoms with E-state index in [9.17, 15) is 9.90 Å². The third kappa shape index (κ3) is 3.70. The zero-order valence-electron chi connectivity index (χ0n) is 15.2. The summed E-state index contributed by atoms with van der Waals surface area (Å²) in [6.07, 6.45) is 0.652. The Hall–Kier alpha value is -2.86. The highest BCUT2D eigenvalue weighted by atomic mass is 16.5. The molecule has 0 saturated carbocycles. The Bertz CT molecular complexity index is 933. The predicted molar refractivity (Wildman–Crippen MR) is 101 cm³/mol. The van der Waals surface area contributed by atoms with E-state index in [0.717, 1.165) is 16.6 Å². The first-order valence-corrected chi connectivity index (χ1v) is 8.49. The number of phenolic OH excluding ortho intramolecular Hbond substituents is 1. The Labute approximate surface area is 152 Å². The normalized spacial score (nSPS) is 11.0. The minimum Gasteiger partial charge on any atom is -0.507 e. The summed E-state index contributed by atoms with van der Waals surface area (Å²) in [5.74, 6) is -0.304. The molecule has 1 aromatic heterocycles. The van der Waals surface area contributed by atoms with Crippen molar-refractivity contribution in [3.8, 4) is 5.75 Å². The van der Waals surface area contributed by atoms with E-state index in [1.165, 1.54) is 10.5 Å². The maximum Gasteiger partial charge on any atom is 0.257 e.